The fourth-order valence-corrected chi connectivity index (χ4v) is 5.44. The predicted octanol–water partition coefficient (Wildman–Crippen LogP) is 4.56. The van der Waals surface area contributed by atoms with Gasteiger partial charge in [0.15, 0.2) is 15.6 Å². The molecule has 4 rings (SSSR count). The van der Waals surface area contributed by atoms with Crippen molar-refractivity contribution in [3.63, 3.8) is 0 Å². The molecule has 3 aromatic rings. The molecule has 1 heterocycles. The van der Waals surface area contributed by atoms with E-state index < -0.39 is 20.4 Å². The number of benzene rings is 2. The lowest BCUT2D eigenvalue weighted by Gasteiger charge is -2.26. The summed E-state index contributed by atoms with van der Waals surface area (Å²) in [5.41, 5.74) is 1.86. The molecular weight excluding hydrogens is 481 g/mol. The summed E-state index contributed by atoms with van der Waals surface area (Å²) >= 11 is 0. The Morgan fingerprint density at radius 1 is 1.17 bits per heavy atom. The minimum absolute atomic E-state index is 0.0481. The second-order valence-corrected chi connectivity index (χ2v) is 12.5. The molecule has 0 spiro atoms. The number of methoxy groups -OCH3 is 1. The van der Waals surface area contributed by atoms with Gasteiger partial charge < -0.3 is 9.30 Å². The Hall–Kier alpha value is -2.84. The van der Waals surface area contributed by atoms with Crippen LogP contribution in [0.15, 0.2) is 53.5 Å². The highest BCUT2D eigenvalue weighted by molar-refractivity contribution is 7.92. The van der Waals surface area contributed by atoms with Crippen molar-refractivity contribution in [1.82, 2.24) is 4.57 Å². The Balaban J connectivity index is 1.57. The SMILES string of the molecule is COCC(=O)[C@@](C)(CCn1ccc2cc(-c3ccc(CCC4CC4)cc3F)ccc2c1=O)S(C)(=O)=O. The Labute approximate surface area is 211 Å². The molecule has 0 saturated heterocycles. The van der Waals surface area contributed by atoms with Crippen molar-refractivity contribution in [3.8, 4) is 11.1 Å². The van der Waals surface area contributed by atoms with Gasteiger partial charge in [-0.25, -0.2) is 12.8 Å². The van der Waals surface area contributed by atoms with Crippen LogP contribution in [-0.4, -0.2) is 43.5 Å². The van der Waals surface area contributed by atoms with E-state index >= 15 is 0 Å². The molecule has 1 fully saturated rings. The van der Waals surface area contributed by atoms with Crippen molar-refractivity contribution in [2.75, 3.05) is 20.0 Å². The largest absolute Gasteiger partial charge is 0.377 e. The molecule has 8 heteroatoms. The van der Waals surface area contributed by atoms with Gasteiger partial charge in [0.1, 0.15) is 17.2 Å². The molecule has 1 aliphatic carbocycles. The minimum Gasteiger partial charge on any atom is -0.377 e. The second kappa shape index (κ2) is 10.3. The summed E-state index contributed by atoms with van der Waals surface area (Å²) in [4.78, 5) is 25.6. The molecule has 1 saturated carbocycles. The number of rotatable bonds is 11. The van der Waals surface area contributed by atoms with Crippen LogP contribution in [-0.2, 0) is 32.3 Å². The first-order valence-electron chi connectivity index (χ1n) is 12.2. The maximum absolute atomic E-state index is 14.9. The minimum atomic E-state index is -3.74. The highest BCUT2D eigenvalue weighted by Crippen LogP contribution is 2.34. The van der Waals surface area contributed by atoms with Gasteiger partial charge in [0.05, 0.1) is 0 Å². The molecule has 36 heavy (non-hydrogen) atoms. The third kappa shape index (κ3) is 5.44. The number of aryl methyl sites for hydroxylation is 2. The fraction of sp³-hybridized carbons (Fsp3) is 0.429. The number of carbonyl (C=O) groups is 1. The number of pyridine rings is 1. The molecule has 1 aliphatic rings. The summed E-state index contributed by atoms with van der Waals surface area (Å²) in [6, 6.07) is 12.3. The molecule has 0 bridgehead atoms. The summed E-state index contributed by atoms with van der Waals surface area (Å²) in [5.74, 6) is -0.0356. The molecule has 192 valence electrons. The number of aromatic nitrogens is 1. The van der Waals surface area contributed by atoms with Crippen molar-refractivity contribution < 1.29 is 22.3 Å². The molecule has 0 N–H and O–H groups in total. The average molecular weight is 514 g/mol. The van der Waals surface area contributed by atoms with Crippen molar-refractivity contribution in [2.45, 2.75) is 50.3 Å². The van der Waals surface area contributed by atoms with Crippen LogP contribution in [0, 0.1) is 11.7 Å². The van der Waals surface area contributed by atoms with E-state index in [1.165, 1.54) is 31.4 Å². The molecule has 2 aromatic carbocycles. The highest BCUT2D eigenvalue weighted by Gasteiger charge is 2.42. The number of hydrogen-bond donors (Lipinski definition) is 0. The number of fused-ring (bicyclic) bond motifs is 1. The van der Waals surface area contributed by atoms with Gasteiger partial charge in [0.25, 0.3) is 5.56 Å². The fourth-order valence-electron chi connectivity index (χ4n) is 4.51. The summed E-state index contributed by atoms with van der Waals surface area (Å²) in [6.45, 7) is 1.09. The zero-order chi connectivity index (χ0) is 26.1. The zero-order valence-electron chi connectivity index (χ0n) is 20.9. The topological polar surface area (TPSA) is 82.4 Å². The Bertz CT molecular complexity index is 1460. The van der Waals surface area contributed by atoms with Crippen molar-refractivity contribution >= 4 is 26.4 Å². The third-order valence-electron chi connectivity index (χ3n) is 7.37. The van der Waals surface area contributed by atoms with E-state index in [4.69, 9.17) is 4.74 Å². The van der Waals surface area contributed by atoms with Crippen LogP contribution in [0.25, 0.3) is 21.9 Å². The molecule has 0 amide bonds. The lowest BCUT2D eigenvalue weighted by atomic mass is 9.98. The van der Waals surface area contributed by atoms with Gasteiger partial charge >= 0.3 is 0 Å². The number of ether oxygens (including phenoxy) is 1. The zero-order valence-corrected chi connectivity index (χ0v) is 21.7. The van der Waals surface area contributed by atoms with Crippen molar-refractivity contribution in [2.24, 2.45) is 5.92 Å². The smallest absolute Gasteiger partial charge is 0.258 e. The van der Waals surface area contributed by atoms with Crippen LogP contribution in [0.5, 0.6) is 0 Å². The normalized spacial score (nSPS) is 15.7. The van der Waals surface area contributed by atoms with Crippen LogP contribution in [0.4, 0.5) is 4.39 Å². The quantitative estimate of drug-likeness (QED) is 0.375. The Morgan fingerprint density at radius 2 is 1.92 bits per heavy atom. The van der Waals surface area contributed by atoms with E-state index in [0.29, 0.717) is 21.9 Å². The van der Waals surface area contributed by atoms with E-state index in [2.05, 4.69) is 0 Å². The molecular formula is C28H32FNO5S. The molecule has 0 unspecified atom stereocenters. The summed E-state index contributed by atoms with van der Waals surface area (Å²) in [7, 11) is -2.41. The van der Waals surface area contributed by atoms with Crippen LogP contribution < -0.4 is 5.56 Å². The average Bonchev–Trinajstić information content (AvgIpc) is 3.66. The van der Waals surface area contributed by atoms with Gasteiger partial charge in [0.2, 0.25) is 0 Å². The van der Waals surface area contributed by atoms with E-state index in [1.807, 2.05) is 6.07 Å². The third-order valence-corrected chi connectivity index (χ3v) is 9.44. The van der Waals surface area contributed by atoms with Gasteiger partial charge in [0, 0.05) is 37.1 Å². The van der Waals surface area contributed by atoms with Gasteiger partial charge in [-0.3, -0.25) is 9.59 Å². The molecule has 1 aromatic heterocycles. The Kier molecular flexibility index (Phi) is 7.48. The number of ketones is 1. The molecule has 6 nitrogen and oxygen atoms in total. The maximum Gasteiger partial charge on any atom is 0.258 e. The number of nitrogens with zero attached hydrogens (tertiary/aromatic N) is 1. The lowest BCUT2D eigenvalue weighted by molar-refractivity contribution is -0.125. The van der Waals surface area contributed by atoms with Gasteiger partial charge in [-0.15, -0.1) is 0 Å². The van der Waals surface area contributed by atoms with Gasteiger partial charge in [-0.2, -0.15) is 0 Å². The monoisotopic (exact) mass is 513 g/mol. The van der Waals surface area contributed by atoms with Gasteiger partial charge in [-0.05, 0) is 72.9 Å². The molecule has 0 aliphatic heterocycles. The lowest BCUT2D eigenvalue weighted by Crippen LogP contribution is -2.46. The second-order valence-electron chi connectivity index (χ2n) is 10.0. The van der Waals surface area contributed by atoms with E-state index in [1.54, 1.807) is 42.6 Å². The number of hydrogen-bond acceptors (Lipinski definition) is 5. The van der Waals surface area contributed by atoms with Crippen molar-refractivity contribution in [3.05, 3.63) is 70.4 Å². The summed E-state index contributed by atoms with van der Waals surface area (Å²) < 4.78 is 44.3. The molecule has 1 atom stereocenters. The van der Waals surface area contributed by atoms with Gasteiger partial charge in [-0.1, -0.05) is 31.0 Å². The van der Waals surface area contributed by atoms with E-state index in [-0.39, 0.29) is 30.9 Å². The number of carbonyl (C=O) groups excluding carboxylic acids is 1. The van der Waals surface area contributed by atoms with E-state index in [0.717, 1.165) is 30.6 Å². The highest BCUT2D eigenvalue weighted by atomic mass is 32.2. The molecule has 0 radical (unpaired) electrons. The van der Waals surface area contributed by atoms with Crippen LogP contribution in [0.3, 0.4) is 0 Å². The first-order valence-corrected chi connectivity index (χ1v) is 14.1. The van der Waals surface area contributed by atoms with Crippen molar-refractivity contribution in [1.29, 1.82) is 0 Å². The standard InChI is InChI=1S/C28H32FNO5S/c1-28(36(3,33)34,26(31)18-35-2)13-15-30-14-12-22-17-21(9-11-24(22)27(30)32)23-10-8-20(16-25(23)29)7-6-19-4-5-19/h8-12,14,16-17,19H,4-7,13,15,18H2,1-3H3/t28-/m1/s1. The first-order chi connectivity index (χ1) is 17.0. The Morgan fingerprint density at radius 3 is 2.56 bits per heavy atom. The predicted molar refractivity (Wildman–Crippen MR) is 139 cm³/mol. The number of Topliss-reactive ketones (excluding diaryl/α,β-unsaturated/α-hetero) is 1. The summed E-state index contributed by atoms with van der Waals surface area (Å²) in [6.07, 6.45) is 7.08. The first kappa shape index (κ1) is 26.2. The number of halogens is 1. The maximum atomic E-state index is 14.9. The summed E-state index contributed by atoms with van der Waals surface area (Å²) in [5, 5.41) is 1.10. The number of sulfone groups is 1. The van der Waals surface area contributed by atoms with Crippen LogP contribution in [0.1, 0.15) is 38.2 Å². The van der Waals surface area contributed by atoms with Crippen LogP contribution >= 0.6 is 0 Å². The van der Waals surface area contributed by atoms with Crippen LogP contribution in [0.2, 0.25) is 0 Å². The van der Waals surface area contributed by atoms with E-state index in [9.17, 15) is 22.4 Å².